The van der Waals surface area contributed by atoms with E-state index in [0.717, 1.165) is 10.7 Å². The Morgan fingerprint density at radius 2 is 2.46 bits per heavy atom. The van der Waals surface area contributed by atoms with Crippen LogP contribution in [0.15, 0.2) is 16.3 Å². The minimum Gasteiger partial charge on any atom is -0.343 e. The van der Waals surface area contributed by atoms with Gasteiger partial charge in [-0.3, -0.25) is 0 Å². The molecule has 13 heavy (non-hydrogen) atoms. The van der Waals surface area contributed by atoms with Crippen molar-refractivity contribution in [2.45, 2.75) is 13.0 Å². The molecule has 2 aromatic heterocycles. The normalized spacial score (nSPS) is 13.1. The van der Waals surface area contributed by atoms with Gasteiger partial charge in [-0.25, -0.2) is 4.98 Å². The third-order valence-corrected chi connectivity index (χ3v) is 2.40. The van der Waals surface area contributed by atoms with Crippen LogP contribution in [0.25, 0.3) is 0 Å². The first kappa shape index (κ1) is 8.33. The Hall–Kier alpha value is -1.27. The zero-order chi connectivity index (χ0) is 9.26. The summed E-state index contributed by atoms with van der Waals surface area (Å²) in [6.45, 7) is 1.93. The number of aromatic nitrogens is 3. The fourth-order valence-corrected chi connectivity index (χ4v) is 1.62. The van der Waals surface area contributed by atoms with Crippen LogP contribution in [-0.4, -0.2) is 15.1 Å². The summed E-state index contributed by atoms with van der Waals surface area (Å²) in [5.74, 6) is 0.463. The van der Waals surface area contributed by atoms with E-state index in [-0.39, 0.29) is 6.04 Å². The number of rotatable bonds is 2. The lowest BCUT2D eigenvalue weighted by Gasteiger charge is -2.00. The number of hydrogen-bond donors (Lipinski definition) is 1. The van der Waals surface area contributed by atoms with Gasteiger partial charge in [0.25, 0.3) is 0 Å². The number of hydrogen-bond acceptors (Lipinski definition) is 6. The molecule has 0 amide bonds. The molecule has 0 saturated heterocycles. The Balaban J connectivity index is 2.28. The Morgan fingerprint density at radius 1 is 1.62 bits per heavy atom. The zero-order valence-electron chi connectivity index (χ0n) is 6.97. The van der Waals surface area contributed by atoms with Gasteiger partial charge in [0, 0.05) is 5.38 Å². The number of nitrogens with two attached hydrogens (primary N) is 1. The lowest BCUT2D eigenvalue weighted by molar-refractivity contribution is 0.407. The highest BCUT2D eigenvalue weighted by Crippen LogP contribution is 2.17. The SMILES string of the molecule is Cc1nc(C(N)c2ncon2)cs1. The first-order valence-corrected chi connectivity index (χ1v) is 4.59. The molecular weight excluding hydrogens is 188 g/mol. The molecule has 2 N–H and O–H groups in total. The Kier molecular flexibility index (Phi) is 2.07. The molecule has 1 atom stereocenters. The van der Waals surface area contributed by atoms with Crippen LogP contribution in [0.2, 0.25) is 0 Å². The smallest absolute Gasteiger partial charge is 0.213 e. The average molecular weight is 196 g/mol. The summed E-state index contributed by atoms with van der Waals surface area (Å²) < 4.78 is 4.60. The summed E-state index contributed by atoms with van der Waals surface area (Å²) in [6, 6.07) is -0.385. The zero-order valence-corrected chi connectivity index (χ0v) is 7.78. The van der Waals surface area contributed by atoms with Crippen LogP contribution in [0, 0.1) is 6.92 Å². The predicted molar refractivity (Wildman–Crippen MR) is 47.2 cm³/mol. The summed E-state index contributed by atoms with van der Waals surface area (Å²) in [7, 11) is 0. The summed E-state index contributed by atoms with van der Waals surface area (Å²) in [5.41, 5.74) is 6.61. The van der Waals surface area contributed by atoms with Gasteiger partial charge < -0.3 is 10.3 Å². The van der Waals surface area contributed by atoms with E-state index in [1.165, 1.54) is 6.39 Å². The van der Waals surface area contributed by atoms with E-state index in [4.69, 9.17) is 5.73 Å². The molecule has 0 bridgehead atoms. The maximum absolute atomic E-state index is 5.83. The van der Waals surface area contributed by atoms with E-state index in [0.29, 0.717) is 5.82 Å². The Bertz CT molecular complexity index is 383. The van der Waals surface area contributed by atoms with Gasteiger partial charge in [0.1, 0.15) is 6.04 Å². The monoisotopic (exact) mass is 196 g/mol. The lowest BCUT2D eigenvalue weighted by atomic mass is 10.2. The molecule has 5 nitrogen and oxygen atoms in total. The summed E-state index contributed by atoms with van der Waals surface area (Å²) >= 11 is 1.55. The highest BCUT2D eigenvalue weighted by atomic mass is 32.1. The van der Waals surface area contributed by atoms with Gasteiger partial charge in [0.2, 0.25) is 6.39 Å². The number of nitrogens with zero attached hydrogens (tertiary/aromatic N) is 3. The molecule has 68 valence electrons. The van der Waals surface area contributed by atoms with E-state index >= 15 is 0 Å². The predicted octanol–water partition coefficient (Wildman–Crippen LogP) is 0.883. The van der Waals surface area contributed by atoms with E-state index in [1.54, 1.807) is 11.3 Å². The van der Waals surface area contributed by atoms with Gasteiger partial charge in [0.05, 0.1) is 10.7 Å². The van der Waals surface area contributed by atoms with Crippen LogP contribution in [0.5, 0.6) is 0 Å². The van der Waals surface area contributed by atoms with Gasteiger partial charge in [-0.2, -0.15) is 4.98 Å². The second kappa shape index (κ2) is 3.23. The van der Waals surface area contributed by atoms with E-state index in [9.17, 15) is 0 Å². The molecule has 2 rings (SSSR count). The van der Waals surface area contributed by atoms with E-state index in [1.807, 2.05) is 12.3 Å². The second-order valence-corrected chi connectivity index (χ2v) is 3.62. The standard InChI is InChI=1S/C7H8N4OS/c1-4-10-5(2-13-4)6(8)7-9-3-12-11-7/h2-3,6H,8H2,1H3. The van der Waals surface area contributed by atoms with Gasteiger partial charge in [-0.1, -0.05) is 5.16 Å². The summed E-state index contributed by atoms with van der Waals surface area (Å²) in [5, 5.41) is 6.53. The topological polar surface area (TPSA) is 77.8 Å². The van der Waals surface area contributed by atoms with Crippen LogP contribution < -0.4 is 5.73 Å². The molecule has 0 saturated carbocycles. The van der Waals surface area contributed by atoms with Crippen molar-refractivity contribution < 1.29 is 4.52 Å². The van der Waals surface area contributed by atoms with Crippen LogP contribution in [0.1, 0.15) is 22.6 Å². The molecule has 2 heterocycles. The van der Waals surface area contributed by atoms with Crippen molar-refractivity contribution in [3.05, 3.63) is 28.3 Å². The highest BCUT2D eigenvalue weighted by Gasteiger charge is 2.15. The third-order valence-electron chi connectivity index (χ3n) is 1.61. The highest BCUT2D eigenvalue weighted by molar-refractivity contribution is 7.09. The van der Waals surface area contributed by atoms with Crippen molar-refractivity contribution in [1.82, 2.24) is 15.1 Å². The maximum Gasteiger partial charge on any atom is 0.213 e. The fraction of sp³-hybridized carbons (Fsp3) is 0.286. The van der Waals surface area contributed by atoms with Gasteiger partial charge in [-0.05, 0) is 6.92 Å². The molecule has 1 unspecified atom stereocenters. The largest absolute Gasteiger partial charge is 0.343 e. The molecule has 6 heteroatoms. The van der Waals surface area contributed by atoms with Crippen LogP contribution in [-0.2, 0) is 0 Å². The van der Waals surface area contributed by atoms with Gasteiger partial charge in [0.15, 0.2) is 5.82 Å². The maximum atomic E-state index is 5.83. The quantitative estimate of drug-likeness (QED) is 0.771. The summed E-state index contributed by atoms with van der Waals surface area (Å²) in [6.07, 6.45) is 1.26. The van der Waals surface area contributed by atoms with Crippen LogP contribution in [0.3, 0.4) is 0 Å². The lowest BCUT2D eigenvalue weighted by Crippen LogP contribution is -2.13. The fourth-order valence-electron chi connectivity index (χ4n) is 0.971. The van der Waals surface area contributed by atoms with E-state index < -0.39 is 0 Å². The van der Waals surface area contributed by atoms with Crippen molar-refractivity contribution in [2.24, 2.45) is 5.73 Å². The van der Waals surface area contributed by atoms with Crippen molar-refractivity contribution in [3.8, 4) is 0 Å². The van der Waals surface area contributed by atoms with Crippen molar-refractivity contribution in [3.63, 3.8) is 0 Å². The molecule has 0 aliphatic heterocycles. The van der Waals surface area contributed by atoms with Crippen molar-refractivity contribution >= 4 is 11.3 Å². The Morgan fingerprint density at radius 3 is 3.00 bits per heavy atom. The van der Waals surface area contributed by atoms with Crippen molar-refractivity contribution in [1.29, 1.82) is 0 Å². The molecule has 2 aromatic rings. The van der Waals surface area contributed by atoms with Gasteiger partial charge >= 0.3 is 0 Å². The first-order valence-electron chi connectivity index (χ1n) is 3.71. The minimum atomic E-state index is -0.385. The molecule has 0 spiro atoms. The number of thiazole rings is 1. The first-order chi connectivity index (χ1) is 6.27. The third kappa shape index (κ3) is 1.58. The Labute approximate surface area is 78.6 Å². The van der Waals surface area contributed by atoms with Crippen LogP contribution in [0.4, 0.5) is 0 Å². The molecule has 0 aliphatic rings. The average Bonchev–Trinajstić information content (AvgIpc) is 2.72. The second-order valence-electron chi connectivity index (χ2n) is 2.56. The minimum absolute atomic E-state index is 0.385. The molecule has 0 fully saturated rings. The molecule has 0 aromatic carbocycles. The van der Waals surface area contributed by atoms with Crippen LogP contribution >= 0.6 is 11.3 Å². The number of aryl methyl sites for hydroxylation is 1. The van der Waals surface area contributed by atoms with Crippen molar-refractivity contribution in [2.75, 3.05) is 0 Å². The molecular formula is C7H8N4OS. The molecule has 0 radical (unpaired) electrons. The van der Waals surface area contributed by atoms with Gasteiger partial charge in [-0.15, -0.1) is 11.3 Å². The summed E-state index contributed by atoms with van der Waals surface area (Å²) in [4.78, 5) is 8.10. The van der Waals surface area contributed by atoms with E-state index in [2.05, 4.69) is 19.6 Å². The molecule has 0 aliphatic carbocycles.